The second-order valence-electron chi connectivity index (χ2n) is 6.02. The van der Waals surface area contributed by atoms with E-state index in [2.05, 4.69) is 4.99 Å². The molecule has 0 aromatic heterocycles. The highest BCUT2D eigenvalue weighted by atomic mass is 32.2. The molecular formula is C19H14N2O4S. The lowest BCUT2D eigenvalue weighted by molar-refractivity contribution is -0.137. The summed E-state index contributed by atoms with van der Waals surface area (Å²) in [5.41, 5.74) is 2.29. The Kier molecular flexibility index (Phi) is 4.08. The van der Waals surface area contributed by atoms with Crippen molar-refractivity contribution in [2.24, 2.45) is 4.99 Å². The van der Waals surface area contributed by atoms with Crippen molar-refractivity contribution in [2.75, 3.05) is 10.7 Å². The first-order valence-electron chi connectivity index (χ1n) is 8.03. The van der Waals surface area contributed by atoms with E-state index in [-0.39, 0.29) is 11.8 Å². The summed E-state index contributed by atoms with van der Waals surface area (Å²) < 4.78 is 0. The molecule has 0 unspecified atom stereocenters. The summed E-state index contributed by atoms with van der Waals surface area (Å²) >= 11 is 1.45. The number of carboxylic acids is 1. The number of fused-ring (bicyclic) bond motifs is 1. The van der Waals surface area contributed by atoms with Crippen molar-refractivity contribution in [1.29, 1.82) is 0 Å². The Morgan fingerprint density at radius 1 is 1.08 bits per heavy atom. The maximum absolute atomic E-state index is 12.5. The molecule has 0 radical (unpaired) electrons. The van der Waals surface area contributed by atoms with Gasteiger partial charge < -0.3 is 5.11 Å². The molecular weight excluding hydrogens is 352 g/mol. The number of anilines is 1. The second kappa shape index (κ2) is 6.42. The number of aliphatic carboxylic acids is 1. The zero-order valence-corrected chi connectivity index (χ0v) is 14.4. The van der Waals surface area contributed by atoms with Crippen molar-refractivity contribution in [3.63, 3.8) is 0 Å². The summed E-state index contributed by atoms with van der Waals surface area (Å²) in [7, 11) is 0. The Morgan fingerprint density at radius 2 is 1.69 bits per heavy atom. The van der Waals surface area contributed by atoms with Crippen LogP contribution in [-0.4, -0.2) is 39.7 Å². The molecule has 0 spiro atoms. The molecule has 0 saturated carbocycles. The van der Waals surface area contributed by atoms with Gasteiger partial charge in [0.05, 0.1) is 21.9 Å². The van der Waals surface area contributed by atoms with Gasteiger partial charge in [0.15, 0.2) is 6.04 Å². The zero-order chi connectivity index (χ0) is 18.3. The molecule has 1 N–H and O–H groups in total. The van der Waals surface area contributed by atoms with Crippen LogP contribution in [0.3, 0.4) is 0 Å². The molecule has 2 amide bonds. The lowest BCUT2D eigenvalue weighted by atomic mass is 10.1. The van der Waals surface area contributed by atoms with Crippen LogP contribution in [0.2, 0.25) is 0 Å². The van der Waals surface area contributed by atoms with Gasteiger partial charge in [0.2, 0.25) is 0 Å². The minimum Gasteiger partial charge on any atom is -0.480 e. The van der Waals surface area contributed by atoms with E-state index in [9.17, 15) is 14.4 Å². The molecule has 7 heteroatoms. The number of benzene rings is 2. The minimum absolute atomic E-state index is 0.321. The predicted molar refractivity (Wildman–Crippen MR) is 99.0 cm³/mol. The van der Waals surface area contributed by atoms with Gasteiger partial charge in [-0.05, 0) is 29.8 Å². The summed E-state index contributed by atoms with van der Waals surface area (Å²) in [5, 5.41) is 9.77. The fourth-order valence-corrected chi connectivity index (χ4v) is 4.05. The van der Waals surface area contributed by atoms with Crippen LogP contribution in [0.1, 0.15) is 26.3 Å². The van der Waals surface area contributed by atoms with Gasteiger partial charge in [-0.3, -0.25) is 14.6 Å². The van der Waals surface area contributed by atoms with Gasteiger partial charge in [-0.15, -0.1) is 11.8 Å². The largest absolute Gasteiger partial charge is 0.480 e. The first-order chi connectivity index (χ1) is 12.5. The number of carbonyl (C=O) groups is 3. The van der Waals surface area contributed by atoms with E-state index in [1.54, 1.807) is 36.4 Å². The van der Waals surface area contributed by atoms with Crippen molar-refractivity contribution in [3.05, 3.63) is 65.2 Å². The fraction of sp³-hybridized carbons (Fsp3) is 0.158. The minimum atomic E-state index is -0.909. The van der Waals surface area contributed by atoms with Crippen molar-refractivity contribution < 1.29 is 19.5 Å². The highest BCUT2D eigenvalue weighted by Gasteiger charge is 2.36. The van der Waals surface area contributed by atoms with Gasteiger partial charge in [0, 0.05) is 12.2 Å². The van der Waals surface area contributed by atoms with Crippen LogP contribution in [0.25, 0.3) is 0 Å². The first kappa shape index (κ1) is 16.5. The third kappa shape index (κ3) is 2.80. The fourth-order valence-electron chi connectivity index (χ4n) is 3.01. The summed E-state index contributed by atoms with van der Waals surface area (Å²) in [6, 6.07) is 13.2. The Hall–Kier alpha value is -2.93. The van der Waals surface area contributed by atoms with E-state index in [0.717, 1.165) is 10.6 Å². The topological polar surface area (TPSA) is 87.0 Å². The number of amides is 2. The van der Waals surface area contributed by atoms with Gasteiger partial charge in [-0.25, -0.2) is 9.69 Å². The quantitative estimate of drug-likeness (QED) is 0.841. The van der Waals surface area contributed by atoms with E-state index in [1.807, 2.05) is 12.1 Å². The maximum atomic E-state index is 12.5. The summed E-state index contributed by atoms with van der Waals surface area (Å²) in [6.45, 7) is 0. The van der Waals surface area contributed by atoms with Crippen LogP contribution in [0.15, 0.2) is 53.5 Å². The third-order valence-corrected chi connectivity index (χ3v) is 5.40. The van der Waals surface area contributed by atoms with Crippen LogP contribution in [0.5, 0.6) is 0 Å². The summed E-state index contributed by atoms with van der Waals surface area (Å²) in [5.74, 6) is -1.09. The molecule has 2 aromatic carbocycles. The Morgan fingerprint density at radius 3 is 2.23 bits per heavy atom. The lowest BCUT2D eigenvalue weighted by Gasteiger charge is -2.14. The predicted octanol–water partition coefficient (Wildman–Crippen LogP) is 2.63. The highest BCUT2D eigenvalue weighted by Crippen LogP contribution is 2.29. The molecule has 0 aliphatic carbocycles. The molecule has 2 heterocycles. The molecule has 2 aliphatic rings. The number of aliphatic imine (C=N–C) groups is 1. The number of hydrogen-bond acceptors (Lipinski definition) is 5. The van der Waals surface area contributed by atoms with E-state index in [1.165, 1.54) is 16.7 Å². The second-order valence-corrected chi connectivity index (χ2v) is 7.12. The number of hydrogen-bond donors (Lipinski definition) is 1. The number of nitrogens with zero attached hydrogens (tertiary/aromatic N) is 2. The van der Waals surface area contributed by atoms with Gasteiger partial charge in [-0.2, -0.15) is 0 Å². The van der Waals surface area contributed by atoms with Crippen LogP contribution in [0, 0.1) is 0 Å². The SMILES string of the molecule is O=C(O)[C@@H]1CSC(Cc2ccc(N3C(=O)c4ccccc4C3=O)cc2)=N1. The van der Waals surface area contributed by atoms with Crippen LogP contribution >= 0.6 is 11.8 Å². The number of thioether (sulfide) groups is 1. The molecule has 6 nitrogen and oxygen atoms in total. The smallest absolute Gasteiger partial charge is 0.329 e. The van der Waals surface area contributed by atoms with Crippen molar-refractivity contribution >= 4 is 40.3 Å². The van der Waals surface area contributed by atoms with Gasteiger partial charge >= 0.3 is 5.97 Å². The normalized spacial score (nSPS) is 18.8. The molecule has 130 valence electrons. The average Bonchev–Trinajstić information content (AvgIpc) is 3.20. The molecule has 2 aromatic rings. The summed E-state index contributed by atoms with van der Waals surface area (Å²) in [6.07, 6.45) is 0.539. The Bertz CT molecular complexity index is 917. The number of carboxylic acid groups (broad SMARTS) is 1. The van der Waals surface area contributed by atoms with Gasteiger partial charge in [0.1, 0.15) is 0 Å². The molecule has 0 fully saturated rings. The van der Waals surface area contributed by atoms with E-state index in [0.29, 0.717) is 29.0 Å². The van der Waals surface area contributed by atoms with Crippen LogP contribution in [-0.2, 0) is 11.2 Å². The molecule has 0 saturated heterocycles. The monoisotopic (exact) mass is 366 g/mol. The maximum Gasteiger partial charge on any atom is 0.329 e. The first-order valence-corrected chi connectivity index (χ1v) is 9.02. The average molecular weight is 366 g/mol. The van der Waals surface area contributed by atoms with Crippen LogP contribution < -0.4 is 4.90 Å². The highest BCUT2D eigenvalue weighted by molar-refractivity contribution is 8.14. The lowest BCUT2D eigenvalue weighted by Crippen LogP contribution is -2.29. The van der Waals surface area contributed by atoms with Gasteiger partial charge in [0.25, 0.3) is 11.8 Å². The molecule has 4 rings (SSSR count). The number of rotatable bonds is 4. The van der Waals surface area contributed by atoms with Gasteiger partial charge in [-0.1, -0.05) is 24.3 Å². The molecule has 2 aliphatic heterocycles. The van der Waals surface area contributed by atoms with E-state index < -0.39 is 12.0 Å². The Labute approximate surface area is 153 Å². The van der Waals surface area contributed by atoms with Crippen LogP contribution in [0.4, 0.5) is 5.69 Å². The number of imide groups is 1. The molecule has 0 bridgehead atoms. The van der Waals surface area contributed by atoms with E-state index in [4.69, 9.17) is 5.11 Å². The van der Waals surface area contributed by atoms with Crippen molar-refractivity contribution in [1.82, 2.24) is 0 Å². The molecule has 1 atom stereocenters. The van der Waals surface area contributed by atoms with E-state index >= 15 is 0 Å². The standard InChI is InChI=1S/C19H14N2O4S/c22-17-13-3-1-2-4-14(13)18(23)21(17)12-7-5-11(6-8-12)9-16-20-15(10-26-16)19(24)25/h1-8,15H,9-10H2,(H,24,25)/t15-/m0/s1. The zero-order valence-electron chi connectivity index (χ0n) is 13.6. The van der Waals surface area contributed by atoms with Crippen molar-refractivity contribution in [3.8, 4) is 0 Å². The number of carbonyl (C=O) groups excluding carboxylic acids is 2. The third-order valence-electron chi connectivity index (χ3n) is 4.34. The Balaban J connectivity index is 1.53. The molecule has 26 heavy (non-hydrogen) atoms. The van der Waals surface area contributed by atoms with Crippen molar-refractivity contribution in [2.45, 2.75) is 12.5 Å². The summed E-state index contributed by atoms with van der Waals surface area (Å²) in [4.78, 5) is 41.3.